The Labute approximate surface area is 87.2 Å². The zero-order valence-corrected chi connectivity index (χ0v) is 8.42. The van der Waals surface area contributed by atoms with Crippen molar-refractivity contribution in [2.75, 3.05) is 0 Å². The fourth-order valence-corrected chi connectivity index (χ4v) is 1.67. The summed E-state index contributed by atoms with van der Waals surface area (Å²) in [6.07, 6.45) is 3.75. The van der Waals surface area contributed by atoms with Crippen LogP contribution in [0.25, 0.3) is 11.0 Å². The lowest BCUT2D eigenvalue weighted by molar-refractivity contribution is 0.112. The van der Waals surface area contributed by atoms with E-state index in [0.717, 1.165) is 17.3 Å². The zero-order valence-electron chi connectivity index (χ0n) is 8.42. The van der Waals surface area contributed by atoms with E-state index in [2.05, 4.69) is 4.98 Å². The van der Waals surface area contributed by atoms with Gasteiger partial charge in [0.05, 0.1) is 6.10 Å². The van der Waals surface area contributed by atoms with Gasteiger partial charge in [-0.2, -0.15) is 0 Å². The van der Waals surface area contributed by atoms with Gasteiger partial charge in [-0.25, -0.2) is 4.98 Å². The van der Waals surface area contributed by atoms with Gasteiger partial charge in [-0.1, -0.05) is 0 Å². The van der Waals surface area contributed by atoms with Crippen molar-refractivity contribution < 1.29 is 9.90 Å². The van der Waals surface area contributed by atoms with Gasteiger partial charge in [-0.15, -0.1) is 0 Å². The number of hydrogen-bond acceptors (Lipinski definition) is 3. The van der Waals surface area contributed by atoms with Crippen molar-refractivity contribution in [3.05, 3.63) is 30.1 Å². The summed E-state index contributed by atoms with van der Waals surface area (Å²) < 4.78 is 1.80. The molecule has 1 atom stereocenters. The van der Waals surface area contributed by atoms with Crippen molar-refractivity contribution in [3.63, 3.8) is 0 Å². The second-order valence-electron chi connectivity index (χ2n) is 3.58. The van der Waals surface area contributed by atoms with Gasteiger partial charge in [0, 0.05) is 29.9 Å². The molecule has 1 unspecified atom stereocenters. The van der Waals surface area contributed by atoms with Crippen molar-refractivity contribution in [2.45, 2.75) is 19.6 Å². The van der Waals surface area contributed by atoms with E-state index in [1.54, 1.807) is 30.0 Å². The number of fused-ring (bicyclic) bond motifs is 1. The van der Waals surface area contributed by atoms with Crippen LogP contribution in [-0.2, 0) is 6.54 Å². The molecule has 2 heterocycles. The number of aliphatic hydroxyl groups is 1. The topological polar surface area (TPSA) is 55.1 Å². The van der Waals surface area contributed by atoms with Gasteiger partial charge in [-0.05, 0) is 19.1 Å². The Balaban J connectivity index is 2.59. The smallest absolute Gasteiger partial charge is 0.152 e. The minimum atomic E-state index is -0.456. The van der Waals surface area contributed by atoms with Crippen molar-refractivity contribution in [1.82, 2.24) is 9.55 Å². The highest BCUT2D eigenvalue weighted by molar-refractivity contribution is 5.95. The molecule has 0 fully saturated rings. The number of hydrogen-bond donors (Lipinski definition) is 1. The molecule has 1 N–H and O–H groups in total. The Bertz CT molecular complexity index is 488. The molecule has 0 spiro atoms. The fourth-order valence-electron chi connectivity index (χ4n) is 1.67. The van der Waals surface area contributed by atoms with Crippen LogP contribution in [-0.4, -0.2) is 27.0 Å². The molecular formula is C11H12N2O2. The van der Waals surface area contributed by atoms with Crippen molar-refractivity contribution in [3.8, 4) is 0 Å². The molecule has 2 aromatic rings. The van der Waals surface area contributed by atoms with Crippen molar-refractivity contribution in [2.24, 2.45) is 0 Å². The third-order valence-electron chi connectivity index (χ3n) is 2.25. The van der Waals surface area contributed by atoms with E-state index in [4.69, 9.17) is 0 Å². The quantitative estimate of drug-likeness (QED) is 0.765. The van der Waals surface area contributed by atoms with Crippen LogP contribution in [0.5, 0.6) is 0 Å². The van der Waals surface area contributed by atoms with Gasteiger partial charge in [0.2, 0.25) is 0 Å². The number of carbonyl (C=O) groups excluding carboxylic acids is 1. The van der Waals surface area contributed by atoms with Gasteiger partial charge in [0.15, 0.2) is 6.29 Å². The normalized spacial score (nSPS) is 12.9. The van der Waals surface area contributed by atoms with Gasteiger partial charge < -0.3 is 9.67 Å². The lowest BCUT2D eigenvalue weighted by Gasteiger charge is -2.05. The summed E-state index contributed by atoms with van der Waals surface area (Å²) in [6.45, 7) is 2.15. The maximum absolute atomic E-state index is 10.8. The van der Waals surface area contributed by atoms with Gasteiger partial charge in [0.1, 0.15) is 5.65 Å². The molecular weight excluding hydrogens is 192 g/mol. The maximum Gasteiger partial charge on any atom is 0.152 e. The highest BCUT2D eigenvalue weighted by Crippen LogP contribution is 2.17. The molecule has 0 saturated heterocycles. The first-order chi connectivity index (χ1) is 7.22. The minimum absolute atomic E-state index is 0.446. The minimum Gasteiger partial charge on any atom is -0.392 e. The summed E-state index contributed by atoms with van der Waals surface area (Å²) in [4.78, 5) is 15.0. The molecule has 4 heteroatoms. The molecule has 78 valence electrons. The van der Waals surface area contributed by atoms with Crippen LogP contribution in [0.1, 0.15) is 17.3 Å². The van der Waals surface area contributed by atoms with E-state index in [1.165, 1.54) is 0 Å². The third-order valence-corrected chi connectivity index (χ3v) is 2.25. The number of rotatable bonds is 3. The first-order valence-corrected chi connectivity index (χ1v) is 4.79. The monoisotopic (exact) mass is 204 g/mol. The second kappa shape index (κ2) is 3.82. The molecule has 0 saturated carbocycles. The highest BCUT2D eigenvalue weighted by Gasteiger charge is 2.09. The summed E-state index contributed by atoms with van der Waals surface area (Å²) >= 11 is 0. The van der Waals surface area contributed by atoms with Crippen LogP contribution in [0.4, 0.5) is 0 Å². The number of aldehydes is 1. The van der Waals surface area contributed by atoms with E-state index >= 15 is 0 Å². The van der Waals surface area contributed by atoms with Gasteiger partial charge >= 0.3 is 0 Å². The van der Waals surface area contributed by atoms with E-state index in [1.807, 2.05) is 6.07 Å². The van der Waals surface area contributed by atoms with E-state index in [0.29, 0.717) is 12.1 Å². The largest absolute Gasteiger partial charge is 0.392 e. The van der Waals surface area contributed by atoms with Gasteiger partial charge in [0.25, 0.3) is 0 Å². The lowest BCUT2D eigenvalue weighted by Crippen LogP contribution is -2.10. The molecule has 0 aliphatic heterocycles. The van der Waals surface area contributed by atoms with Crippen LogP contribution in [0.2, 0.25) is 0 Å². The SMILES string of the molecule is CC(O)Cn1cc(C=O)c2cccnc21. The van der Waals surface area contributed by atoms with Crippen LogP contribution in [0.3, 0.4) is 0 Å². The molecule has 4 nitrogen and oxygen atoms in total. The summed E-state index contributed by atoms with van der Waals surface area (Å²) in [7, 11) is 0. The highest BCUT2D eigenvalue weighted by atomic mass is 16.3. The number of carbonyl (C=O) groups is 1. The molecule has 0 aliphatic rings. The molecule has 15 heavy (non-hydrogen) atoms. The molecule has 0 radical (unpaired) electrons. The number of aromatic nitrogens is 2. The average molecular weight is 204 g/mol. The van der Waals surface area contributed by atoms with E-state index in [9.17, 15) is 9.90 Å². The predicted molar refractivity (Wildman–Crippen MR) is 56.8 cm³/mol. The van der Waals surface area contributed by atoms with Crippen molar-refractivity contribution >= 4 is 17.3 Å². The summed E-state index contributed by atoms with van der Waals surface area (Å²) in [5, 5.41) is 10.1. The van der Waals surface area contributed by atoms with Crippen molar-refractivity contribution in [1.29, 1.82) is 0 Å². The Morgan fingerprint density at radius 3 is 3.13 bits per heavy atom. The van der Waals surface area contributed by atoms with E-state index < -0.39 is 6.10 Å². The first-order valence-electron chi connectivity index (χ1n) is 4.79. The Morgan fingerprint density at radius 1 is 1.67 bits per heavy atom. The molecule has 0 amide bonds. The maximum atomic E-state index is 10.8. The van der Waals surface area contributed by atoms with Gasteiger partial charge in [-0.3, -0.25) is 4.79 Å². The Morgan fingerprint density at radius 2 is 2.47 bits per heavy atom. The van der Waals surface area contributed by atoms with Crippen LogP contribution < -0.4 is 0 Å². The average Bonchev–Trinajstić information content (AvgIpc) is 2.56. The summed E-state index contributed by atoms with van der Waals surface area (Å²) in [5.74, 6) is 0. The first kappa shape index (κ1) is 9.86. The third kappa shape index (κ3) is 1.76. The molecule has 2 rings (SSSR count). The molecule has 0 aromatic carbocycles. The Kier molecular flexibility index (Phi) is 2.51. The second-order valence-corrected chi connectivity index (χ2v) is 3.58. The number of nitrogens with zero attached hydrogens (tertiary/aromatic N) is 2. The Hall–Kier alpha value is -1.68. The molecule has 0 bridgehead atoms. The fraction of sp³-hybridized carbons (Fsp3) is 0.273. The lowest BCUT2D eigenvalue weighted by atomic mass is 10.2. The van der Waals surface area contributed by atoms with Crippen LogP contribution in [0, 0.1) is 0 Å². The van der Waals surface area contributed by atoms with Crippen LogP contribution >= 0.6 is 0 Å². The van der Waals surface area contributed by atoms with Crippen LogP contribution in [0.15, 0.2) is 24.5 Å². The molecule has 0 aliphatic carbocycles. The molecule has 2 aromatic heterocycles. The summed E-state index contributed by atoms with van der Waals surface area (Å²) in [6, 6.07) is 3.65. The number of pyridine rings is 1. The predicted octanol–water partition coefficient (Wildman–Crippen LogP) is 1.23. The summed E-state index contributed by atoms with van der Waals surface area (Å²) in [5.41, 5.74) is 1.35. The number of aliphatic hydroxyl groups excluding tert-OH is 1. The zero-order chi connectivity index (χ0) is 10.8. The standard InChI is InChI=1S/C11H12N2O2/c1-8(15)5-13-6-9(7-14)10-3-2-4-12-11(10)13/h2-4,6-8,15H,5H2,1H3. The van der Waals surface area contributed by atoms with E-state index in [-0.39, 0.29) is 0 Å².